The van der Waals surface area contributed by atoms with Crippen molar-refractivity contribution < 1.29 is 4.79 Å². The maximum Gasteiger partial charge on any atom is 0.237 e. The minimum absolute atomic E-state index is 0.00991. The Morgan fingerprint density at radius 1 is 1.29 bits per heavy atom. The number of carbonyl (C=O) groups is 1. The molecule has 0 bridgehead atoms. The van der Waals surface area contributed by atoms with Gasteiger partial charge in [-0.25, -0.2) is 0 Å². The molecule has 0 aliphatic heterocycles. The van der Waals surface area contributed by atoms with Gasteiger partial charge in [-0.05, 0) is 23.7 Å². The second-order valence-electron chi connectivity index (χ2n) is 6.93. The van der Waals surface area contributed by atoms with Crippen LogP contribution in [0.25, 0.3) is 0 Å². The fourth-order valence-electron chi connectivity index (χ4n) is 2.39. The Labute approximate surface area is 106 Å². The molecule has 3 nitrogen and oxygen atoms in total. The van der Waals surface area contributed by atoms with Crippen LogP contribution in [-0.2, 0) is 4.79 Å². The lowest BCUT2D eigenvalue weighted by Gasteiger charge is -2.35. The van der Waals surface area contributed by atoms with E-state index in [0.717, 1.165) is 6.54 Å². The maximum atomic E-state index is 11.9. The Balaban J connectivity index is 2.42. The molecule has 1 fully saturated rings. The zero-order chi connectivity index (χ0) is 13.1. The third-order valence-electron chi connectivity index (χ3n) is 3.97. The van der Waals surface area contributed by atoms with E-state index in [9.17, 15) is 4.79 Å². The van der Waals surface area contributed by atoms with Crippen molar-refractivity contribution in [3.8, 4) is 0 Å². The minimum Gasteiger partial charge on any atom is -0.354 e. The first-order chi connectivity index (χ1) is 7.75. The Bertz CT molecular complexity index is 262. The highest BCUT2D eigenvalue weighted by molar-refractivity contribution is 5.82. The summed E-state index contributed by atoms with van der Waals surface area (Å²) in [5, 5.41) is 3.04. The quantitative estimate of drug-likeness (QED) is 0.796. The molecule has 0 aromatic heterocycles. The van der Waals surface area contributed by atoms with E-state index in [1.807, 2.05) is 20.8 Å². The SMILES string of the molecule is CC1(CNC(=O)[C@@H](N)C(C)(C)C)CCCCC1. The Hall–Kier alpha value is -0.570. The molecule has 1 saturated carbocycles. The van der Waals surface area contributed by atoms with Crippen molar-refractivity contribution in [3.63, 3.8) is 0 Å². The van der Waals surface area contributed by atoms with Gasteiger partial charge < -0.3 is 11.1 Å². The molecule has 1 atom stereocenters. The van der Waals surface area contributed by atoms with E-state index >= 15 is 0 Å². The first-order valence-electron chi connectivity index (χ1n) is 6.78. The van der Waals surface area contributed by atoms with Crippen LogP contribution in [0.15, 0.2) is 0 Å². The number of nitrogens with one attached hydrogen (secondary N) is 1. The summed E-state index contributed by atoms with van der Waals surface area (Å²) in [6.07, 6.45) is 6.36. The standard InChI is InChI=1S/C14H28N2O/c1-13(2,3)11(15)12(17)16-10-14(4)8-6-5-7-9-14/h11H,5-10,15H2,1-4H3,(H,16,17)/t11-/m1/s1. The molecular formula is C14H28N2O. The molecule has 0 saturated heterocycles. The normalized spacial score (nSPS) is 21.9. The summed E-state index contributed by atoms with van der Waals surface area (Å²) < 4.78 is 0. The van der Waals surface area contributed by atoms with E-state index < -0.39 is 6.04 Å². The predicted molar refractivity (Wildman–Crippen MR) is 71.6 cm³/mol. The van der Waals surface area contributed by atoms with Crippen molar-refractivity contribution in [2.45, 2.75) is 65.8 Å². The van der Waals surface area contributed by atoms with Gasteiger partial charge in [0.2, 0.25) is 5.91 Å². The van der Waals surface area contributed by atoms with Crippen molar-refractivity contribution >= 4 is 5.91 Å². The van der Waals surface area contributed by atoms with Crippen LogP contribution in [0.3, 0.4) is 0 Å². The summed E-state index contributed by atoms with van der Waals surface area (Å²) in [5.41, 5.74) is 6.06. The summed E-state index contributed by atoms with van der Waals surface area (Å²) in [5.74, 6) is -0.00991. The Kier molecular flexibility index (Phi) is 4.59. The van der Waals surface area contributed by atoms with E-state index in [1.165, 1.54) is 32.1 Å². The second kappa shape index (κ2) is 5.38. The van der Waals surface area contributed by atoms with E-state index in [4.69, 9.17) is 5.73 Å². The molecule has 100 valence electrons. The molecule has 0 unspecified atom stereocenters. The average Bonchev–Trinajstić information content (AvgIpc) is 2.25. The smallest absolute Gasteiger partial charge is 0.237 e. The number of nitrogens with two attached hydrogens (primary N) is 1. The highest BCUT2D eigenvalue weighted by Gasteiger charge is 2.31. The van der Waals surface area contributed by atoms with Crippen LogP contribution in [0.5, 0.6) is 0 Å². The van der Waals surface area contributed by atoms with Gasteiger partial charge in [-0.15, -0.1) is 0 Å². The molecule has 0 radical (unpaired) electrons. The predicted octanol–water partition coefficient (Wildman–Crippen LogP) is 2.45. The molecule has 0 heterocycles. The third-order valence-corrected chi connectivity index (χ3v) is 3.97. The fraction of sp³-hybridized carbons (Fsp3) is 0.929. The lowest BCUT2D eigenvalue weighted by Crippen LogP contribution is -2.50. The van der Waals surface area contributed by atoms with Crippen LogP contribution in [0.2, 0.25) is 0 Å². The lowest BCUT2D eigenvalue weighted by atomic mass is 9.75. The first-order valence-corrected chi connectivity index (χ1v) is 6.78. The monoisotopic (exact) mass is 240 g/mol. The van der Waals surface area contributed by atoms with E-state index in [0.29, 0.717) is 0 Å². The zero-order valence-corrected chi connectivity index (χ0v) is 11.8. The second-order valence-corrected chi connectivity index (χ2v) is 6.93. The molecule has 0 spiro atoms. The maximum absolute atomic E-state index is 11.9. The molecule has 1 aliphatic rings. The van der Waals surface area contributed by atoms with Crippen molar-refractivity contribution in [1.82, 2.24) is 5.32 Å². The highest BCUT2D eigenvalue weighted by atomic mass is 16.2. The lowest BCUT2D eigenvalue weighted by molar-refractivity contribution is -0.125. The van der Waals surface area contributed by atoms with Gasteiger partial charge in [-0.1, -0.05) is 47.0 Å². The Morgan fingerprint density at radius 2 is 1.82 bits per heavy atom. The third kappa shape index (κ3) is 4.30. The summed E-state index contributed by atoms with van der Waals surface area (Å²) in [7, 11) is 0. The van der Waals surface area contributed by atoms with E-state index in [1.54, 1.807) is 0 Å². The van der Waals surface area contributed by atoms with Crippen molar-refractivity contribution in [2.24, 2.45) is 16.6 Å². The Morgan fingerprint density at radius 3 is 2.29 bits per heavy atom. The van der Waals surface area contributed by atoms with Gasteiger partial charge in [0.15, 0.2) is 0 Å². The summed E-state index contributed by atoms with van der Waals surface area (Å²) in [6, 6.07) is -0.422. The van der Waals surface area contributed by atoms with Crippen molar-refractivity contribution in [3.05, 3.63) is 0 Å². The summed E-state index contributed by atoms with van der Waals surface area (Å²) >= 11 is 0. The first kappa shape index (κ1) is 14.5. The van der Waals surface area contributed by atoms with Crippen LogP contribution >= 0.6 is 0 Å². The van der Waals surface area contributed by atoms with Crippen molar-refractivity contribution in [1.29, 1.82) is 0 Å². The van der Waals surface area contributed by atoms with Crippen LogP contribution in [0.4, 0.5) is 0 Å². The largest absolute Gasteiger partial charge is 0.354 e. The summed E-state index contributed by atoms with van der Waals surface area (Å²) in [6.45, 7) is 9.05. The van der Waals surface area contributed by atoms with Crippen LogP contribution in [0.1, 0.15) is 59.8 Å². The van der Waals surface area contributed by atoms with Crippen molar-refractivity contribution in [2.75, 3.05) is 6.54 Å². The molecule has 1 rings (SSSR count). The van der Waals surface area contributed by atoms with Crippen LogP contribution < -0.4 is 11.1 Å². The van der Waals surface area contributed by atoms with E-state index in [-0.39, 0.29) is 16.7 Å². The molecule has 0 aromatic carbocycles. The molecule has 1 aliphatic carbocycles. The van der Waals surface area contributed by atoms with Gasteiger partial charge in [-0.3, -0.25) is 4.79 Å². The van der Waals surface area contributed by atoms with Gasteiger partial charge in [0.1, 0.15) is 0 Å². The van der Waals surface area contributed by atoms with Crippen LogP contribution in [0, 0.1) is 10.8 Å². The molecule has 17 heavy (non-hydrogen) atoms. The molecular weight excluding hydrogens is 212 g/mol. The number of amides is 1. The number of hydrogen-bond donors (Lipinski definition) is 2. The van der Waals surface area contributed by atoms with Crippen LogP contribution in [-0.4, -0.2) is 18.5 Å². The number of rotatable bonds is 3. The molecule has 3 N–H and O–H groups in total. The van der Waals surface area contributed by atoms with Gasteiger partial charge in [0.25, 0.3) is 0 Å². The summed E-state index contributed by atoms with van der Waals surface area (Å²) in [4.78, 5) is 11.9. The van der Waals surface area contributed by atoms with Gasteiger partial charge in [0, 0.05) is 6.54 Å². The van der Waals surface area contributed by atoms with Gasteiger partial charge >= 0.3 is 0 Å². The average molecular weight is 240 g/mol. The van der Waals surface area contributed by atoms with E-state index in [2.05, 4.69) is 12.2 Å². The molecule has 0 aromatic rings. The fourth-order valence-corrected chi connectivity index (χ4v) is 2.39. The number of hydrogen-bond acceptors (Lipinski definition) is 2. The molecule has 3 heteroatoms. The van der Waals surface area contributed by atoms with Gasteiger partial charge in [-0.2, -0.15) is 0 Å². The highest BCUT2D eigenvalue weighted by Crippen LogP contribution is 2.35. The zero-order valence-electron chi connectivity index (χ0n) is 11.8. The molecule has 1 amide bonds. The number of carbonyl (C=O) groups excluding carboxylic acids is 1. The van der Waals surface area contributed by atoms with Gasteiger partial charge in [0.05, 0.1) is 6.04 Å². The topological polar surface area (TPSA) is 55.1 Å². The minimum atomic E-state index is -0.422.